The SMILES string of the molecule is C/C=C\c1c(NC)cccc1C(=O)N1CCC(C)CC1. The number of hydrogen-bond acceptors (Lipinski definition) is 2. The van der Waals surface area contributed by atoms with Crippen molar-refractivity contribution in [1.29, 1.82) is 0 Å². The molecule has 1 aromatic rings. The molecule has 20 heavy (non-hydrogen) atoms. The largest absolute Gasteiger partial charge is 0.388 e. The second kappa shape index (κ2) is 6.60. The highest BCUT2D eigenvalue weighted by Crippen LogP contribution is 2.25. The van der Waals surface area contributed by atoms with Gasteiger partial charge in [-0.15, -0.1) is 0 Å². The Bertz CT molecular complexity index is 500. The Morgan fingerprint density at radius 2 is 2.05 bits per heavy atom. The van der Waals surface area contributed by atoms with Crippen molar-refractivity contribution in [2.45, 2.75) is 26.7 Å². The molecule has 1 aliphatic rings. The monoisotopic (exact) mass is 272 g/mol. The number of hydrogen-bond donors (Lipinski definition) is 1. The molecule has 0 radical (unpaired) electrons. The van der Waals surface area contributed by atoms with Gasteiger partial charge in [-0.25, -0.2) is 0 Å². The third-order valence-corrected chi connectivity index (χ3v) is 4.01. The fraction of sp³-hybridized carbons (Fsp3) is 0.471. The first kappa shape index (κ1) is 14.6. The summed E-state index contributed by atoms with van der Waals surface area (Å²) in [6, 6.07) is 5.87. The highest BCUT2D eigenvalue weighted by atomic mass is 16.2. The molecule has 0 saturated carbocycles. The van der Waals surface area contributed by atoms with Crippen LogP contribution in [0.15, 0.2) is 24.3 Å². The van der Waals surface area contributed by atoms with E-state index >= 15 is 0 Å². The molecule has 1 aliphatic heterocycles. The molecule has 108 valence electrons. The molecule has 1 saturated heterocycles. The number of benzene rings is 1. The minimum Gasteiger partial charge on any atom is -0.388 e. The van der Waals surface area contributed by atoms with Gasteiger partial charge in [-0.2, -0.15) is 0 Å². The number of carbonyl (C=O) groups is 1. The summed E-state index contributed by atoms with van der Waals surface area (Å²) in [7, 11) is 1.89. The molecule has 0 unspecified atom stereocenters. The standard InChI is InChI=1S/C17H24N2O/c1-4-6-14-15(7-5-8-16(14)18-3)17(20)19-11-9-13(2)10-12-19/h4-8,13,18H,9-12H2,1-3H3/b6-4-. The molecule has 3 nitrogen and oxygen atoms in total. The second-order valence-electron chi connectivity index (χ2n) is 5.49. The van der Waals surface area contributed by atoms with E-state index in [1.807, 2.05) is 49.2 Å². The molecule has 1 fully saturated rings. The van der Waals surface area contributed by atoms with E-state index in [0.717, 1.165) is 48.7 Å². The fourth-order valence-electron chi connectivity index (χ4n) is 2.70. The molecular formula is C17H24N2O. The molecule has 1 heterocycles. The number of likely N-dealkylation sites (tertiary alicyclic amines) is 1. The first-order chi connectivity index (χ1) is 9.67. The van der Waals surface area contributed by atoms with Crippen LogP contribution in [0.5, 0.6) is 0 Å². The van der Waals surface area contributed by atoms with Crippen molar-refractivity contribution in [3.8, 4) is 0 Å². The Morgan fingerprint density at radius 3 is 2.65 bits per heavy atom. The van der Waals surface area contributed by atoms with E-state index in [9.17, 15) is 4.79 Å². The number of nitrogens with zero attached hydrogens (tertiary/aromatic N) is 1. The van der Waals surface area contributed by atoms with Crippen molar-refractivity contribution in [3.63, 3.8) is 0 Å². The quantitative estimate of drug-likeness (QED) is 0.911. The maximum atomic E-state index is 12.7. The molecule has 0 spiro atoms. The Morgan fingerprint density at radius 1 is 1.35 bits per heavy atom. The minimum absolute atomic E-state index is 0.155. The van der Waals surface area contributed by atoms with Crippen molar-refractivity contribution in [2.24, 2.45) is 5.92 Å². The summed E-state index contributed by atoms with van der Waals surface area (Å²) in [5, 5.41) is 3.16. The zero-order valence-corrected chi connectivity index (χ0v) is 12.6. The zero-order chi connectivity index (χ0) is 14.5. The Labute approximate surface area is 121 Å². The van der Waals surface area contributed by atoms with Crippen molar-refractivity contribution in [1.82, 2.24) is 4.90 Å². The lowest BCUT2D eigenvalue weighted by atomic mass is 9.97. The van der Waals surface area contributed by atoms with Crippen LogP contribution in [-0.4, -0.2) is 30.9 Å². The summed E-state index contributed by atoms with van der Waals surface area (Å²) in [5.74, 6) is 0.889. The van der Waals surface area contributed by atoms with E-state index in [2.05, 4.69) is 12.2 Å². The van der Waals surface area contributed by atoms with Crippen LogP contribution in [0.2, 0.25) is 0 Å². The van der Waals surface area contributed by atoms with Gasteiger partial charge in [-0.1, -0.05) is 25.1 Å². The van der Waals surface area contributed by atoms with Gasteiger partial charge in [0, 0.05) is 37.0 Å². The number of amides is 1. The third kappa shape index (κ3) is 3.03. The van der Waals surface area contributed by atoms with Crippen LogP contribution in [0.3, 0.4) is 0 Å². The fourth-order valence-corrected chi connectivity index (χ4v) is 2.70. The molecule has 0 atom stereocenters. The number of piperidine rings is 1. The number of nitrogens with one attached hydrogen (secondary N) is 1. The maximum absolute atomic E-state index is 12.7. The lowest BCUT2D eigenvalue weighted by Crippen LogP contribution is -2.38. The van der Waals surface area contributed by atoms with Gasteiger partial charge in [0.1, 0.15) is 0 Å². The van der Waals surface area contributed by atoms with Crippen molar-refractivity contribution < 1.29 is 4.79 Å². The van der Waals surface area contributed by atoms with Crippen molar-refractivity contribution >= 4 is 17.7 Å². The summed E-state index contributed by atoms with van der Waals surface area (Å²) in [4.78, 5) is 14.7. The Kier molecular flexibility index (Phi) is 4.83. The van der Waals surface area contributed by atoms with Gasteiger partial charge >= 0.3 is 0 Å². The van der Waals surface area contributed by atoms with Crippen LogP contribution >= 0.6 is 0 Å². The van der Waals surface area contributed by atoms with Gasteiger partial charge < -0.3 is 10.2 Å². The topological polar surface area (TPSA) is 32.3 Å². The van der Waals surface area contributed by atoms with Gasteiger partial charge in [0.05, 0.1) is 0 Å². The van der Waals surface area contributed by atoms with E-state index in [4.69, 9.17) is 0 Å². The third-order valence-electron chi connectivity index (χ3n) is 4.01. The number of rotatable bonds is 3. The lowest BCUT2D eigenvalue weighted by Gasteiger charge is -2.31. The van der Waals surface area contributed by atoms with Crippen LogP contribution < -0.4 is 5.32 Å². The average molecular weight is 272 g/mol. The smallest absolute Gasteiger partial charge is 0.254 e. The molecule has 0 aromatic heterocycles. The van der Waals surface area contributed by atoms with Crippen molar-refractivity contribution in [3.05, 3.63) is 35.4 Å². The van der Waals surface area contributed by atoms with Gasteiger partial charge in [0.2, 0.25) is 0 Å². The predicted molar refractivity (Wildman–Crippen MR) is 85.0 cm³/mol. The van der Waals surface area contributed by atoms with Gasteiger partial charge in [-0.05, 0) is 37.8 Å². The van der Waals surface area contributed by atoms with E-state index in [-0.39, 0.29) is 5.91 Å². The summed E-state index contributed by atoms with van der Waals surface area (Å²) >= 11 is 0. The van der Waals surface area contributed by atoms with E-state index in [0.29, 0.717) is 0 Å². The molecule has 3 heteroatoms. The van der Waals surface area contributed by atoms with Crippen LogP contribution in [-0.2, 0) is 0 Å². The normalized spacial score (nSPS) is 16.6. The first-order valence-corrected chi connectivity index (χ1v) is 7.40. The second-order valence-corrected chi connectivity index (χ2v) is 5.49. The van der Waals surface area contributed by atoms with Gasteiger partial charge in [-0.3, -0.25) is 4.79 Å². The summed E-state index contributed by atoms with van der Waals surface area (Å²) in [6.07, 6.45) is 6.20. The maximum Gasteiger partial charge on any atom is 0.254 e. The average Bonchev–Trinajstić information content (AvgIpc) is 2.48. The van der Waals surface area contributed by atoms with E-state index in [1.165, 1.54) is 0 Å². The zero-order valence-electron chi connectivity index (χ0n) is 12.6. The Hall–Kier alpha value is -1.77. The summed E-state index contributed by atoms with van der Waals surface area (Å²) < 4.78 is 0. The molecule has 2 rings (SSSR count). The highest BCUT2D eigenvalue weighted by molar-refractivity contribution is 6.00. The first-order valence-electron chi connectivity index (χ1n) is 7.40. The summed E-state index contributed by atoms with van der Waals surface area (Å²) in [6.45, 7) is 5.98. The number of allylic oxidation sites excluding steroid dienone is 1. The molecule has 0 bridgehead atoms. The molecule has 1 N–H and O–H groups in total. The summed E-state index contributed by atoms with van der Waals surface area (Å²) in [5.41, 5.74) is 2.78. The molecule has 1 amide bonds. The Balaban J connectivity index is 2.29. The van der Waals surface area contributed by atoms with Gasteiger partial charge in [0.15, 0.2) is 0 Å². The predicted octanol–water partition coefficient (Wildman–Crippen LogP) is 3.63. The van der Waals surface area contributed by atoms with Crippen LogP contribution in [0.25, 0.3) is 6.08 Å². The van der Waals surface area contributed by atoms with Gasteiger partial charge in [0.25, 0.3) is 5.91 Å². The van der Waals surface area contributed by atoms with Crippen molar-refractivity contribution in [2.75, 3.05) is 25.5 Å². The minimum atomic E-state index is 0.155. The highest BCUT2D eigenvalue weighted by Gasteiger charge is 2.23. The molecule has 0 aliphatic carbocycles. The number of carbonyl (C=O) groups excluding carboxylic acids is 1. The molecule has 1 aromatic carbocycles. The lowest BCUT2D eigenvalue weighted by molar-refractivity contribution is 0.0697. The van der Waals surface area contributed by atoms with E-state index < -0.39 is 0 Å². The van der Waals surface area contributed by atoms with Crippen LogP contribution in [0.1, 0.15) is 42.6 Å². The number of anilines is 1. The van der Waals surface area contributed by atoms with Crippen LogP contribution in [0.4, 0.5) is 5.69 Å². The molecular weight excluding hydrogens is 248 g/mol. The van der Waals surface area contributed by atoms with Crippen LogP contribution in [0, 0.1) is 5.92 Å². The van der Waals surface area contributed by atoms with E-state index in [1.54, 1.807) is 0 Å².